The van der Waals surface area contributed by atoms with E-state index in [1.54, 1.807) is 17.9 Å². The van der Waals surface area contributed by atoms with Crippen molar-refractivity contribution in [2.24, 2.45) is 5.92 Å². The number of halogens is 4. The highest BCUT2D eigenvalue weighted by Crippen LogP contribution is 2.23. The molecule has 3 amide bonds. The molecular formula is C31H37F4N7O6. The van der Waals surface area contributed by atoms with Gasteiger partial charge in [-0.3, -0.25) is 14.4 Å². The van der Waals surface area contributed by atoms with Crippen molar-refractivity contribution in [2.75, 3.05) is 25.0 Å². The second kappa shape index (κ2) is 16.2. The van der Waals surface area contributed by atoms with Crippen LogP contribution in [0.3, 0.4) is 0 Å². The van der Waals surface area contributed by atoms with Gasteiger partial charge in [0, 0.05) is 45.7 Å². The summed E-state index contributed by atoms with van der Waals surface area (Å²) in [7, 11) is 0. The van der Waals surface area contributed by atoms with Gasteiger partial charge >= 0.3 is 12.2 Å². The third kappa shape index (κ3) is 10.5. The number of aryl methyl sites for hydroxylation is 1. The number of hydrogen-bond donors (Lipinski definition) is 2. The zero-order chi connectivity index (χ0) is 34.8. The van der Waals surface area contributed by atoms with Gasteiger partial charge in [0.25, 0.3) is 11.5 Å². The van der Waals surface area contributed by atoms with Gasteiger partial charge in [-0.05, 0) is 55.9 Å². The molecule has 260 valence electrons. The number of carbonyl (C=O) groups is 3. The molecule has 3 heterocycles. The van der Waals surface area contributed by atoms with Crippen molar-refractivity contribution < 1.29 is 41.4 Å². The number of alkyl halides is 3. The molecule has 13 nitrogen and oxygen atoms in total. The third-order valence-electron chi connectivity index (χ3n) is 7.48. The predicted molar refractivity (Wildman–Crippen MR) is 164 cm³/mol. The van der Waals surface area contributed by atoms with Crippen molar-refractivity contribution in [3.8, 4) is 5.75 Å². The van der Waals surface area contributed by atoms with E-state index in [1.165, 1.54) is 36.7 Å². The molecule has 1 aliphatic heterocycles. The lowest BCUT2D eigenvalue weighted by Gasteiger charge is -2.30. The lowest BCUT2D eigenvalue weighted by atomic mass is 9.93. The summed E-state index contributed by atoms with van der Waals surface area (Å²) in [6.07, 6.45) is -1.72. The van der Waals surface area contributed by atoms with Crippen molar-refractivity contribution >= 4 is 23.6 Å². The minimum atomic E-state index is -3.36. The van der Waals surface area contributed by atoms with Gasteiger partial charge in [0.05, 0.1) is 25.0 Å². The van der Waals surface area contributed by atoms with E-state index >= 15 is 0 Å². The van der Waals surface area contributed by atoms with Gasteiger partial charge in [0.1, 0.15) is 11.9 Å². The quantitative estimate of drug-likeness (QED) is 0.242. The molecule has 48 heavy (non-hydrogen) atoms. The molecule has 2 aromatic heterocycles. The molecule has 1 aromatic carbocycles. The van der Waals surface area contributed by atoms with Crippen LogP contribution in [0.1, 0.15) is 55.6 Å². The van der Waals surface area contributed by atoms with Crippen molar-refractivity contribution in [1.82, 2.24) is 29.8 Å². The first-order valence-electron chi connectivity index (χ1n) is 15.4. The summed E-state index contributed by atoms with van der Waals surface area (Å²) in [5, 5.41) is 12.5. The number of amides is 3. The van der Waals surface area contributed by atoms with E-state index in [0.717, 1.165) is 9.25 Å². The topological polar surface area (TPSA) is 150 Å². The Kier molecular flexibility index (Phi) is 12.1. The normalized spacial score (nSPS) is 14.3. The van der Waals surface area contributed by atoms with E-state index in [1.807, 2.05) is 0 Å². The molecule has 0 aliphatic carbocycles. The average molecular weight is 680 g/mol. The Morgan fingerprint density at radius 3 is 2.62 bits per heavy atom. The van der Waals surface area contributed by atoms with E-state index < -0.39 is 41.6 Å². The van der Waals surface area contributed by atoms with E-state index in [-0.39, 0.29) is 62.1 Å². The standard InChI is InChI=1S/C31H37F4N7O6/c1-3-47-30(46)41-11-7-20(8-12-41)16-26(43)37-24-10-14-40(29(45)27(24)33)13-9-22(32)18-42-19-25(38-39-42)28(44)36-17-21-5-4-6-23(15-21)48-31(2,34)35/h4-6,10,14-15,19-20,22H,3,7-9,11-13,16-18H2,1-2H3,(H,36,44)(H,37,43). The highest BCUT2D eigenvalue weighted by molar-refractivity contribution is 5.92. The molecule has 2 N–H and O–H groups in total. The fourth-order valence-corrected chi connectivity index (χ4v) is 5.08. The maximum atomic E-state index is 14.8. The number of piperidine rings is 1. The van der Waals surface area contributed by atoms with Crippen LogP contribution < -0.4 is 20.9 Å². The first-order chi connectivity index (χ1) is 22.8. The molecule has 1 atom stereocenters. The molecule has 1 fully saturated rings. The average Bonchev–Trinajstić information content (AvgIpc) is 3.50. The van der Waals surface area contributed by atoms with Crippen molar-refractivity contribution in [1.29, 1.82) is 0 Å². The summed E-state index contributed by atoms with van der Waals surface area (Å²) in [5.74, 6) is -2.35. The summed E-state index contributed by atoms with van der Waals surface area (Å²) >= 11 is 0. The Balaban J connectivity index is 1.21. The lowest BCUT2D eigenvalue weighted by molar-refractivity contribution is -0.159. The van der Waals surface area contributed by atoms with Crippen LogP contribution in [0.2, 0.25) is 0 Å². The smallest absolute Gasteiger partial charge is 0.409 e. The highest BCUT2D eigenvalue weighted by atomic mass is 19.3. The molecule has 0 bridgehead atoms. The molecule has 4 rings (SSSR count). The van der Waals surface area contributed by atoms with Crippen LogP contribution >= 0.6 is 0 Å². The van der Waals surface area contributed by atoms with Crippen molar-refractivity contribution in [2.45, 2.75) is 71.4 Å². The number of likely N-dealkylation sites (tertiary alicyclic amines) is 1. The second-order valence-electron chi connectivity index (χ2n) is 11.4. The monoisotopic (exact) mass is 679 g/mol. The van der Waals surface area contributed by atoms with E-state index in [0.29, 0.717) is 38.4 Å². The van der Waals surface area contributed by atoms with E-state index in [2.05, 4.69) is 25.7 Å². The Labute approximate surface area is 273 Å². The van der Waals surface area contributed by atoms with Crippen LogP contribution in [0.15, 0.2) is 47.5 Å². The van der Waals surface area contributed by atoms with Gasteiger partial charge in [-0.1, -0.05) is 17.3 Å². The number of ether oxygens (including phenoxy) is 2. The molecule has 17 heteroatoms. The fraction of sp³-hybridized carbons (Fsp3) is 0.484. The summed E-state index contributed by atoms with van der Waals surface area (Å²) < 4.78 is 67.4. The number of hydrogen-bond acceptors (Lipinski definition) is 8. The van der Waals surface area contributed by atoms with Gasteiger partial charge in [-0.25, -0.2) is 13.9 Å². The molecular weight excluding hydrogens is 642 g/mol. The van der Waals surface area contributed by atoms with Crippen LogP contribution in [0, 0.1) is 11.7 Å². The predicted octanol–water partition coefficient (Wildman–Crippen LogP) is 4.13. The second-order valence-corrected chi connectivity index (χ2v) is 11.4. The molecule has 0 radical (unpaired) electrons. The van der Waals surface area contributed by atoms with Gasteiger partial charge in [-0.15, -0.1) is 5.10 Å². The largest absolute Gasteiger partial charge is 0.450 e. The minimum Gasteiger partial charge on any atom is -0.450 e. The summed E-state index contributed by atoms with van der Waals surface area (Å²) in [6, 6.07) is 7.04. The molecule has 0 saturated carbocycles. The molecule has 1 unspecified atom stereocenters. The van der Waals surface area contributed by atoms with Crippen molar-refractivity contribution in [3.63, 3.8) is 0 Å². The Morgan fingerprint density at radius 1 is 1.17 bits per heavy atom. The number of carbonyl (C=O) groups excluding carboxylic acids is 3. The van der Waals surface area contributed by atoms with E-state index in [9.17, 15) is 36.7 Å². The number of nitrogens with zero attached hydrogens (tertiary/aromatic N) is 5. The Bertz CT molecular complexity index is 1640. The number of benzene rings is 1. The van der Waals surface area contributed by atoms with Gasteiger partial charge in [-0.2, -0.15) is 13.2 Å². The number of pyridine rings is 1. The summed E-state index contributed by atoms with van der Waals surface area (Å²) in [4.78, 5) is 51.0. The number of rotatable bonds is 14. The zero-order valence-electron chi connectivity index (χ0n) is 26.5. The van der Waals surface area contributed by atoms with Crippen LogP contribution in [0.5, 0.6) is 5.75 Å². The minimum absolute atomic E-state index is 0.0137. The van der Waals surface area contributed by atoms with Gasteiger partial charge in [0.15, 0.2) is 5.69 Å². The third-order valence-corrected chi connectivity index (χ3v) is 7.48. The summed E-state index contributed by atoms with van der Waals surface area (Å²) in [6.45, 7) is 3.02. The maximum Gasteiger partial charge on any atom is 0.409 e. The maximum absolute atomic E-state index is 14.8. The first kappa shape index (κ1) is 35.9. The number of aromatic nitrogens is 4. The van der Waals surface area contributed by atoms with Gasteiger partial charge < -0.3 is 29.6 Å². The molecule has 1 saturated heterocycles. The lowest BCUT2D eigenvalue weighted by Crippen LogP contribution is -2.39. The number of nitrogens with one attached hydrogen (secondary N) is 2. The van der Waals surface area contributed by atoms with Crippen LogP contribution in [0.25, 0.3) is 0 Å². The Hall–Kier alpha value is -4.96. The van der Waals surface area contributed by atoms with Gasteiger partial charge in [0.2, 0.25) is 11.7 Å². The zero-order valence-corrected chi connectivity index (χ0v) is 26.5. The number of anilines is 1. The van der Waals surface area contributed by atoms with Crippen LogP contribution in [0.4, 0.5) is 28.0 Å². The molecule has 3 aromatic rings. The first-order valence-corrected chi connectivity index (χ1v) is 15.4. The summed E-state index contributed by atoms with van der Waals surface area (Å²) in [5.41, 5.74) is -0.914. The van der Waals surface area contributed by atoms with Crippen LogP contribution in [-0.2, 0) is 29.2 Å². The van der Waals surface area contributed by atoms with Crippen molar-refractivity contribution in [3.05, 3.63) is 70.2 Å². The fourth-order valence-electron chi connectivity index (χ4n) is 5.08. The SMILES string of the molecule is CCOC(=O)N1CCC(CC(=O)Nc2ccn(CCC(F)Cn3cc(C(=O)NCc4cccc(OC(C)(F)F)c4)nn3)c(=O)c2F)CC1. The van der Waals surface area contributed by atoms with E-state index in [4.69, 9.17) is 4.74 Å². The Morgan fingerprint density at radius 2 is 1.92 bits per heavy atom. The molecule has 0 spiro atoms. The molecule has 1 aliphatic rings. The van der Waals surface area contributed by atoms with Crippen LogP contribution in [-0.4, -0.2) is 74.3 Å². The highest BCUT2D eigenvalue weighted by Gasteiger charge is 2.26.